The summed E-state index contributed by atoms with van der Waals surface area (Å²) >= 11 is 0. The first-order chi connectivity index (χ1) is 15.1. The van der Waals surface area contributed by atoms with Crippen LogP contribution >= 0.6 is 0 Å². The van der Waals surface area contributed by atoms with Crippen molar-refractivity contribution in [3.05, 3.63) is 34.9 Å². The van der Waals surface area contributed by atoms with Gasteiger partial charge in [-0.15, -0.1) is 0 Å². The fourth-order valence-corrected chi connectivity index (χ4v) is 4.98. The Balaban J connectivity index is 1.23. The molecular weight excluding hydrogens is 390 g/mol. The number of piperazine rings is 1. The second kappa shape index (κ2) is 8.61. The molecule has 31 heavy (non-hydrogen) atoms. The normalized spacial score (nSPS) is 23.4. The van der Waals surface area contributed by atoms with E-state index < -0.39 is 0 Å². The van der Waals surface area contributed by atoms with Crippen molar-refractivity contribution in [2.75, 3.05) is 44.7 Å². The van der Waals surface area contributed by atoms with E-state index in [4.69, 9.17) is 0 Å². The van der Waals surface area contributed by atoms with E-state index in [2.05, 4.69) is 26.9 Å². The van der Waals surface area contributed by atoms with Crippen LogP contribution in [0.5, 0.6) is 0 Å². The number of benzene rings is 1. The van der Waals surface area contributed by atoms with E-state index in [0.717, 1.165) is 69.7 Å². The number of hydrogen-bond acceptors (Lipinski definition) is 5. The molecular formula is C24H33N5O2. The fraction of sp³-hybridized carbons (Fsp3) is 0.625. The summed E-state index contributed by atoms with van der Waals surface area (Å²) in [7, 11) is 1.97. The summed E-state index contributed by atoms with van der Waals surface area (Å²) < 4.78 is 1.77. The van der Waals surface area contributed by atoms with Gasteiger partial charge in [-0.3, -0.25) is 19.1 Å². The number of carbonyl (C=O) groups is 1. The summed E-state index contributed by atoms with van der Waals surface area (Å²) in [5.41, 5.74) is 2.01. The minimum Gasteiger partial charge on any atom is -0.369 e. The molecule has 3 heterocycles. The number of amides is 1. The molecule has 7 heteroatoms. The molecule has 7 nitrogen and oxygen atoms in total. The molecule has 1 atom stereocenters. The second-order valence-corrected chi connectivity index (χ2v) is 9.54. The van der Waals surface area contributed by atoms with Gasteiger partial charge in [0.15, 0.2) is 0 Å². The highest BCUT2D eigenvalue weighted by Gasteiger charge is 2.27. The van der Waals surface area contributed by atoms with Crippen LogP contribution in [-0.4, -0.2) is 71.1 Å². The maximum absolute atomic E-state index is 12.8. The number of likely N-dealkylation sites (tertiary alicyclic amines) is 1. The number of likely N-dealkylation sites (N-methyl/N-ethyl adjacent to an activating group) is 1. The van der Waals surface area contributed by atoms with Crippen molar-refractivity contribution in [2.45, 2.75) is 51.1 Å². The lowest BCUT2D eigenvalue weighted by Gasteiger charge is -2.39. The molecule has 0 radical (unpaired) electrons. The molecule has 1 saturated carbocycles. The Labute approximate surface area is 183 Å². The lowest BCUT2D eigenvalue weighted by Crippen LogP contribution is -2.51. The highest BCUT2D eigenvalue weighted by Crippen LogP contribution is 2.30. The van der Waals surface area contributed by atoms with Gasteiger partial charge in [0.25, 0.3) is 5.56 Å². The quantitative estimate of drug-likeness (QED) is 0.739. The molecule has 1 amide bonds. The highest BCUT2D eigenvalue weighted by molar-refractivity contribution is 5.81. The molecule has 1 aliphatic carbocycles. The molecule has 166 valence electrons. The summed E-state index contributed by atoms with van der Waals surface area (Å²) in [6.07, 6.45) is 8.14. The summed E-state index contributed by atoms with van der Waals surface area (Å²) in [6, 6.07) is 6.41. The van der Waals surface area contributed by atoms with Gasteiger partial charge >= 0.3 is 0 Å². The zero-order valence-electron chi connectivity index (χ0n) is 18.5. The molecule has 3 fully saturated rings. The Morgan fingerprint density at radius 1 is 1.00 bits per heavy atom. The van der Waals surface area contributed by atoms with E-state index in [1.54, 1.807) is 10.9 Å². The average Bonchev–Trinajstić information content (AvgIpc) is 3.62. The maximum Gasteiger partial charge on any atom is 0.261 e. The standard InChI is InChI=1S/C24H33N5O2/c1-26-20(4-2-3-5-23(26)30)16-27-10-12-28(13-11-27)19-8-9-21-22(14-19)25-17-29(24(21)31)15-18-6-7-18/h8-9,14,17-18,20H,2-7,10-13,15-16H2,1H3. The lowest BCUT2D eigenvalue weighted by molar-refractivity contribution is -0.131. The average molecular weight is 424 g/mol. The van der Waals surface area contributed by atoms with Crippen LogP contribution in [0.2, 0.25) is 0 Å². The Kier molecular flexibility index (Phi) is 5.69. The third-order valence-corrected chi connectivity index (χ3v) is 7.29. The van der Waals surface area contributed by atoms with Crippen molar-refractivity contribution in [1.82, 2.24) is 19.4 Å². The van der Waals surface area contributed by atoms with E-state index in [0.29, 0.717) is 29.7 Å². The van der Waals surface area contributed by atoms with Gasteiger partial charge in [-0.2, -0.15) is 0 Å². The van der Waals surface area contributed by atoms with Crippen LogP contribution in [0.1, 0.15) is 38.5 Å². The topological polar surface area (TPSA) is 61.7 Å². The number of anilines is 1. The van der Waals surface area contributed by atoms with E-state index >= 15 is 0 Å². The van der Waals surface area contributed by atoms with Crippen molar-refractivity contribution in [3.63, 3.8) is 0 Å². The molecule has 3 aliphatic rings. The van der Waals surface area contributed by atoms with E-state index in [1.807, 2.05) is 18.0 Å². The molecule has 5 rings (SSSR count). The van der Waals surface area contributed by atoms with Gasteiger partial charge in [0.05, 0.1) is 17.2 Å². The summed E-state index contributed by atoms with van der Waals surface area (Å²) in [5, 5.41) is 0.714. The smallest absolute Gasteiger partial charge is 0.261 e. The minimum atomic E-state index is 0.0790. The van der Waals surface area contributed by atoms with Crippen LogP contribution in [-0.2, 0) is 11.3 Å². The molecule has 2 saturated heterocycles. The van der Waals surface area contributed by atoms with Crippen molar-refractivity contribution >= 4 is 22.5 Å². The van der Waals surface area contributed by atoms with Crippen LogP contribution < -0.4 is 10.5 Å². The predicted octanol–water partition coefficient (Wildman–Crippen LogP) is 2.33. The van der Waals surface area contributed by atoms with Crippen LogP contribution in [0.4, 0.5) is 5.69 Å². The number of nitrogens with zero attached hydrogens (tertiary/aromatic N) is 5. The van der Waals surface area contributed by atoms with Gasteiger partial charge in [0.1, 0.15) is 0 Å². The first kappa shape index (κ1) is 20.5. The molecule has 2 aliphatic heterocycles. The van der Waals surface area contributed by atoms with Crippen molar-refractivity contribution < 1.29 is 4.79 Å². The van der Waals surface area contributed by atoms with Crippen LogP contribution in [0, 0.1) is 5.92 Å². The highest BCUT2D eigenvalue weighted by atomic mass is 16.2. The molecule has 0 spiro atoms. The third-order valence-electron chi connectivity index (χ3n) is 7.29. The van der Waals surface area contributed by atoms with Gasteiger partial charge < -0.3 is 9.80 Å². The third kappa shape index (κ3) is 4.47. The van der Waals surface area contributed by atoms with Gasteiger partial charge in [-0.05, 0) is 49.8 Å². The van der Waals surface area contributed by atoms with E-state index in [9.17, 15) is 9.59 Å². The molecule has 1 aromatic carbocycles. The van der Waals surface area contributed by atoms with Gasteiger partial charge in [0.2, 0.25) is 5.91 Å². The zero-order chi connectivity index (χ0) is 21.4. The Morgan fingerprint density at radius 2 is 1.81 bits per heavy atom. The first-order valence-electron chi connectivity index (χ1n) is 11.8. The molecule has 1 unspecified atom stereocenters. The molecule has 1 aromatic heterocycles. The first-order valence-corrected chi connectivity index (χ1v) is 11.8. The Morgan fingerprint density at radius 3 is 2.58 bits per heavy atom. The number of hydrogen-bond donors (Lipinski definition) is 0. The van der Waals surface area contributed by atoms with Crippen LogP contribution in [0.15, 0.2) is 29.3 Å². The van der Waals surface area contributed by atoms with E-state index in [-0.39, 0.29) is 5.56 Å². The summed E-state index contributed by atoms with van der Waals surface area (Å²) in [6.45, 7) is 5.66. The van der Waals surface area contributed by atoms with Crippen molar-refractivity contribution in [3.8, 4) is 0 Å². The summed E-state index contributed by atoms with van der Waals surface area (Å²) in [5.74, 6) is 0.949. The SMILES string of the molecule is CN1C(=O)CCCCC1CN1CCN(c2ccc3c(=O)n(CC4CC4)cnc3c2)CC1. The van der Waals surface area contributed by atoms with Gasteiger partial charge in [-0.1, -0.05) is 6.42 Å². The minimum absolute atomic E-state index is 0.0790. The Bertz CT molecular complexity index is 1010. The number of carbonyl (C=O) groups excluding carboxylic acids is 1. The van der Waals surface area contributed by atoms with Crippen LogP contribution in [0.3, 0.4) is 0 Å². The fourth-order valence-electron chi connectivity index (χ4n) is 4.98. The number of rotatable bonds is 5. The Hall–Kier alpha value is -2.41. The lowest BCUT2D eigenvalue weighted by atomic mass is 10.1. The maximum atomic E-state index is 12.8. The predicted molar refractivity (Wildman–Crippen MR) is 122 cm³/mol. The second-order valence-electron chi connectivity index (χ2n) is 9.54. The molecule has 0 N–H and O–H groups in total. The summed E-state index contributed by atoms with van der Waals surface area (Å²) in [4.78, 5) is 36.4. The molecule has 2 aromatic rings. The van der Waals surface area contributed by atoms with E-state index in [1.165, 1.54) is 12.8 Å². The zero-order valence-corrected chi connectivity index (χ0v) is 18.5. The largest absolute Gasteiger partial charge is 0.369 e. The van der Waals surface area contributed by atoms with Gasteiger partial charge in [-0.25, -0.2) is 4.98 Å². The number of aromatic nitrogens is 2. The molecule has 0 bridgehead atoms. The van der Waals surface area contributed by atoms with Crippen molar-refractivity contribution in [2.24, 2.45) is 5.92 Å². The number of fused-ring (bicyclic) bond motifs is 1. The monoisotopic (exact) mass is 423 g/mol. The van der Waals surface area contributed by atoms with Crippen LogP contribution in [0.25, 0.3) is 10.9 Å². The van der Waals surface area contributed by atoms with Gasteiger partial charge in [0, 0.05) is 64.5 Å². The van der Waals surface area contributed by atoms with Crippen molar-refractivity contribution in [1.29, 1.82) is 0 Å².